The normalized spacial score (nSPS) is 22.3. The molecule has 0 aliphatic carbocycles. The van der Waals surface area contributed by atoms with Crippen LogP contribution in [0, 0.1) is 17.6 Å². The summed E-state index contributed by atoms with van der Waals surface area (Å²) in [4.78, 5) is 29.4. The van der Waals surface area contributed by atoms with E-state index in [1.165, 1.54) is 25.4 Å². The van der Waals surface area contributed by atoms with Crippen LogP contribution in [0.2, 0.25) is 5.02 Å². The summed E-state index contributed by atoms with van der Waals surface area (Å²) in [6.45, 7) is -0.351. The summed E-state index contributed by atoms with van der Waals surface area (Å²) in [5, 5.41) is -0.486. The van der Waals surface area contributed by atoms with Crippen LogP contribution in [0.3, 0.4) is 0 Å². The molecule has 2 heterocycles. The fourth-order valence-corrected chi connectivity index (χ4v) is 3.50. The summed E-state index contributed by atoms with van der Waals surface area (Å²) in [7, 11) is 1.39. The first-order valence-corrected chi connectivity index (χ1v) is 8.23. The Labute approximate surface area is 157 Å². The van der Waals surface area contributed by atoms with Crippen LogP contribution in [0.1, 0.15) is 5.56 Å². The maximum absolute atomic E-state index is 13.9. The van der Waals surface area contributed by atoms with E-state index in [4.69, 9.17) is 17.3 Å². The van der Waals surface area contributed by atoms with Gasteiger partial charge in [0.2, 0.25) is 11.9 Å². The molecule has 1 aliphatic heterocycles. The summed E-state index contributed by atoms with van der Waals surface area (Å²) in [6, 6.07) is 3.05. The van der Waals surface area contributed by atoms with Crippen LogP contribution < -0.4 is 10.2 Å². The van der Waals surface area contributed by atoms with Gasteiger partial charge in [0.05, 0.1) is 11.1 Å². The van der Waals surface area contributed by atoms with E-state index in [1.54, 1.807) is 0 Å². The highest BCUT2D eigenvalue weighted by Gasteiger charge is 2.54. The number of rotatable bonds is 4. The third-order valence-electron chi connectivity index (χ3n) is 4.71. The van der Waals surface area contributed by atoms with Gasteiger partial charge in [-0.2, -0.15) is 4.39 Å². The number of nitrogens with zero attached hydrogens (tertiary/aromatic N) is 3. The largest absolute Gasteiger partial charge is 0.425 e. The number of nitrogens with two attached hydrogens (primary N) is 1. The Balaban J connectivity index is 2.17. The van der Waals surface area contributed by atoms with E-state index in [0.717, 1.165) is 17.0 Å². The molecule has 0 saturated carbocycles. The summed E-state index contributed by atoms with van der Waals surface area (Å²) >= 11 is 5.91. The molecule has 142 valence electrons. The van der Waals surface area contributed by atoms with Gasteiger partial charge in [0.15, 0.2) is 17.7 Å². The van der Waals surface area contributed by atoms with E-state index in [1.807, 2.05) is 0 Å². The van der Waals surface area contributed by atoms with Crippen molar-refractivity contribution >= 4 is 29.2 Å². The quantitative estimate of drug-likeness (QED) is 0.487. The fourth-order valence-electron chi connectivity index (χ4n) is 3.29. The minimum atomic E-state index is -1.25. The third-order valence-corrected chi connectivity index (χ3v) is 5.12. The van der Waals surface area contributed by atoms with Gasteiger partial charge in [-0.3, -0.25) is 9.69 Å². The molecule has 0 bridgehead atoms. The van der Waals surface area contributed by atoms with Crippen molar-refractivity contribution in [1.29, 1.82) is 0 Å². The monoisotopic (exact) mass is 399 g/mol. The first-order valence-electron chi connectivity index (χ1n) is 7.85. The zero-order valence-corrected chi connectivity index (χ0v) is 14.9. The van der Waals surface area contributed by atoms with Crippen molar-refractivity contribution in [2.24, 2.45) is 5.73 Å². The number of primary amides is 1. The number of quaternary nitrogens is 1. The minimum absolute atomic E-state index is 0.122. The van der Waals surface area contributed by atoms with Crippen LogP contribution in [0.25, 0.3) is 0 Å². The highest BCUT2D eigenvalue weighted by atomic mass is 35.5. The number of pyridine rings is 1. The fraction of sp³-hybridized carbons (Fsp3) is 0.235. The van der Waals surface area contributed by atoms with E-state index in [9.17, 15) is 22.8 Å². The number of aromatic nitrogens is 1. The predicted molar refractivity (Wildman–Crippen MR) is 92.1 cm³/mol. The number of carbonyl (C=O) groups excluding carboxylic acids is 2. The highest BCUT2D eigenvalue weighted by Crippen LogP contribution is 2.36. The Hall–Kier alpha value is -2.65. The second-order valence-corrected chi connectivity index (χ2v) is 6.67. The second-order valence-electron chi connectivity index (χ2n) is 6.29. The molecule has 3 rings (SSSR count). The van der Waals surface area contributed by atoms with Gasteiger partial charge in [-0.05, 0) is 12.1 Å². The molecule has 27 heavy (non-hydrogen) atoms. The number of urea groups is 1. The highest BCUT2D eigenvalue weighted by molar-refractivity contribution is 6.31. The van der Waals surface area contributed by atoms with E-state index in [-0.39, 0.29) is 24.3 Å². The molecule has 2 N–H and O–H groups in total. The zero-order chi connectivity index (χ0) is 19.9. The van der Waals surface area contributed by atoms with Gasteiger partial charge in [-0.15, -0.1) is 0 Å². The number of hydrogen-bond donors (Lipinski definition) is 1. The molecule has 1 fully saturated rings. The van der Waals surface area contributed by atoms with Gasteiger partial charge < -0.3 is 5.73 Å². The van der Waals surface area contributed by atoms with Crippen molar-refractivity contribution in [3.8, 4) is 0 Å². The summed E-state index contributed by atoms with van der Waals surface area (Å²) in [5.41, 5.74) is 5.69. The van der Waals surface area contributed by atoms with Gasteiger partial charge in [0.1, 0.15) is 18.8 Å². The molecule has 1 saturated heterocycles. The number of benzene rings is 1. The summed E-state index contributed by atoms with van der Waals surface area (Å²) in [6.07, 6.45) is 1.17. The minimum Gasteiger partial charge on any atom is -0.368 e. The smallest absolute Gasteiger partial charge is 0.368 e. The van der Waals surface area contributed by atoms with Crippen molar-refractivity contribution < 1.29 is 22.8 Å². The average molecular weight is 400 g/mol. The summed E-state index contributed by atoms with van der Waals surface area (Å²) < 4.78 is 40.4. The molecule has 1 aliphatic rings. The Bertz CT molecular complexity index is 942. The van der Waals surface area contributed by atoms with Crippen LogP contribution in [0.4, 0.5) is 23.7 Å². The van der Waals surface area contributed by atoms with Crippen molar-refractivity contribution in [2.75, 3.05) is 13.6 Å². The lowest BCUT2D eigenvalue weighted by Gasteiger charge is -2.30. The molecular formula is C17H15ClF3N4O2+. The van der Waals surface area contributed by atoms with Crippen LogP contribution in [-0.2, 0) is 11.3 Å². The first-order chi connectivity index (χ1) is 12.7. The molecule has 10 heteroatoms. The lowest BCUT2D eigenvalue weighted by molar-refractivity contribution is -0.121. The second kappa shape index (κ2) is 6.82. The van der Waals surface area contributed by atoms with E-state index in [2.05, 4.69) is 4.98 Å². The van der Waals surface area contributed by atoms with Crippen LogP contribution >= 0.6 is 11.6 Å². The molecule has 1 aromatic heterocycles. The van der Waals surface area contributed by atoms with Gasteiger partial charge in [-0.25, -0.2) is 23.0 Å². The number of hydrogen-bond acceptors (Lipinski definition) is 3. The number of amides is 3. The zero-order valence-electron chi connectivity index (χ0n) is 14.1. The third kappa shape index (κ3) is 3.13. The Morgan fingerprint density at radius 1 is 1.37 bits per heavy atom. The Kier molecular flexibility index (Phi) is 4.83. The van der Waals surface area contributed by atoms with E-state index >= 15 is 0 Å². The van der Waals surface area contributed by atoms with Crippen molar-refractivity contribution in [1.82, 2.24) is 14.4 Å². The van der Waals surface area contributed by atoms with Crippen molar-refractivity contribution in [3.63, 3.8) is 0 Å². The maximum atomic E-state index is 13.9. The standard InChI is InChI=1S/C17H14ClF3N4O2/c1-24-12(16(22)26)8-25(17(24)27,10-4-5-23-13(20)6-10)7-9-2-3-11(19)15(21)14(9)18/h2-6,12H,7-8H2,1H3,(H-,22,26)/p+1. The van der Waals surface area contributed by atoms with Crippen LogP contribution in [0.15, 0.2) is 30.5 Å². The Morgan fingerprint density at radius 2 is 2.07 bits per heavy atom. The van der Waals surface area contributed by atoms with Crippen LogP contribution in [-0.4, -0.2) is 41.5 Å². The number of carbonyl (C=O) groups is 2. The van der Waals surface area contributed by atoms with Gasteiger partial charge in [-0.1, -0.05) is 11.6 Å². The maximum Gasteiger partial charge on any atom is 0.425 e. The molecule has 6 nitrogen and oxygen atoms in total. The lowest BCUT2D eigenvalue weighted by Crippen LogP contribution is -2.51. The Morgan fingerprint density at radius 3 is 2.67 bits per heavy atom. The predicted octanol–water partition coefficient (Wildman–Crippen LogP) is 2.58. The van der Waals surface area contributed by atoms with E-state index in [0.29, 0.717) is 0 Å². The molecule has 3 amide bonds. The topological polar surface area (TPSA) is 76.3 Å². The van der Waals surface area contributed by atoms with Crippen LogP contribution in [0.5, 0.6) is 0 Å². The van der Waals surface area contributed by atoms with Crippen molar-refractivity contribution in [3.05, 3.63) is 58.6 Å². The molecule has 1 aromatic carbocycles. The first kappa shape index (κ1) is 19.1. The number of halogens is 4. The van der Waals surface area contributed by atoms with Gasteiger partial charge >= 0.3 is 6.03 Å². The summed E-state index contributed by atoms with van der Waals surface area (Å²) in [5.74, 6) is -3.96. The SMILES string of the molecule is CN1C(=O)[N+](Cc2ccc(F)c(F)c2Cl)(c2ccnc(F)c2)CC1C(N)=O. The molecule has 0 radical (unpaired) electrons. The van der Waals surface area contributed by atoms with E-state index < -0.39 is 45.1 Å². The van der Waals surface area contributed by atoms with Crippen molar-refractivity contribution in [2.45, 2.75) is 12.6 Å². The average Bonchev–Trinajstić information content (AvgIpc) is 2.88. The lowest BCUT2D eigenvalue weighted by atomic mass is 10.1. The molecule has 2 aromatic rings. The molecule has 0 spiro atoms. The molecule has 2 atom stereocenters. The molecule has 2 unspecified atom stereocenters. The van der Waals surface area contributed by atoms with Gasteiger partial charge in [0.25, 0.3) is 0 Å². The van der Waals surface area contributed by atoms with Gasteiger partial charge in [0, 0.05) is 24.9 Å². The molecular weight excluding hydrogens is 385 g/mol. The number of likely N-dealkylation sites (N-methyl/N-ethyl adjacent to an activating group) is 1.